The molecule has 0 aliphatic heterocycles. The molecule has 18 heteroatoms. The predicted octanol–water partition coefficient (Wildman–Crippen LogP) is 10.5. The van der Waals surface area contributed by atoms with Gasteiger partial charge in [-0.1, -0.05) is 152 Å². The van der Waals surface area contributed by atoms with Gasteiger partial charge in [-0.25, -0.2) is 0 Å². The summed E-state index contributed by atoms with van der Waals surface area (Å²) in [6.45, 7) is 0. The predicted molar refractivity (Wildman–Crippen MR) is 285 cm³/mol. The van der Waals surface area contributed by atoms with Crippen molar-refractivity contribution in [3.63, 3.8) is 0 Å². The molecule has 0 aliphatic rings. The number of hydrogen-bond acceptors (Lipinski definition) is 13. The zero-order valence-electron chi connectivity index (χ0n) is 37.7. The van der Waals surface area contributed by atoms with Crippen LogP contribution in [-0.2, 0) is 11.0 Å². The van der Waals surface area contributed by atoms with Crippen molar-refractivity contribution in [2.24, 2.45) is 21.4 Å². The van der Waals surface area contributed by atoms with E-state index in [-0.39, 0.29) is 42.1 Å². The molecular weight excluding hydrogens is 1170 g/mol. The number of benzene rings is 8. The molecular formula is C53H45N5O10P2U-6. The quantitative estimate of drug-likeness (QED) is 0.0793. The van der Waals surface area contributed by atoms with Crippen LogP contribution in [-0.4, -0.2) is 4.98 Å². The van der Waals surface area contributed by atoms with E-state index in [9.17, 15) is 0 Å². The maximum Gasteiger partial charge on any atom is 0.144 e. The van der Waals surface area contributed by atoms with Gasteiger partial charge < -0.3 is 51.4 Å². The van der Waals surface area contributed by atoms with Crippen LogP contribution in [0.15, 0.2) is 295 Å². The Balaban J connectivity index is 0.000000999. The minimum atomic E-state index is -1.91. The number of nitrogens with zero attached hydrogens (tertiary/aromatic N) is 5. The fourth-order valence-corrected chi connectivity index (χ4v) is 15.8. The molecule has 9 aromatic rings. The molecule has 0 saturated carbocycles. The van der Waals surface area contributed by atoms with Crippen molar-refractivity contribution in [2.75, 3.05) is 0 Å². The van der Waals surface area contributed by atoms with Gasteiger partial charge in [-0.05, 0) is 109 Å². The van der Waals surface area contributed by atoms with Gasteiger partial charge in [0, 0.05) is 43.5 Å². The minimum absolute atomic E-state index is 0. The fourth-order valence-electron chi connectivity index (χ4n) is 7.31. The number of rotatable bonds is 8. The first-order valence-corrected chi connectivity index (χ1v) is 24.0. The van der Waals surface area contributed by atoms with Crippen molar-refractivity contribution in [3.05, 3.63) is 314 Å². The van der Waals surface area contributed by atoms with Crippen molar-refractivity contribution in [2.45, 2.75) is 0 Å². The van der Waals surface area contributed by atoms with Crippen LogP contribution in [0.3, 0.4) is 0 Å². The second-order valence-corrected chi connectivity index (χ2v) is 20.2. The van der Waals surface area contributed by atoms with Crippen LogP contribution < -0.4 is 42.4 Å². The molecule has 71 heavy (non-hydrogen) atoms. The van der Waals surface area contributed by atoms with E-state index < -0.39 is 14.5 Å². The molecule has 15 nitrogen and oxygen atoms in total. The van der Waals surface area contributed by atoms with E-state index in [0.29, 0.717) is 0 Å². The maximum atomic E-state index is 8.00. The molecule has 1 aromatic heterocycles. The average Bonchev–Trinajstić information content (AvgIpc) is 3.41. The Bertz CT molecular complexity index is 2150. The Kier molecular flexibility index (Phi) is 34.1. The van der Waals surface area contributed by atoms with E-state index in [4.69, 9.17) is 40.5 Å². The summed E-state index contributed by atoms with van der Waals surface area (Å²) in [7, 11) is -3.81. The molecule has 362 valence electrons. The van der Waals surface area contributed by atoms with Crippen LogP contribution in [0.5, 0.6) is 0 Å². The molecule has 0 spiro atoms. The van der Waals surface area contributed by atoms with Crippen LogP contribution in [0.1, 0.15) is 0 Å². The Hall–Kier alpha value is -7.66. The summed E-state index contributed by atoms with van der Waals surface area (Å²) in [5, 5.41) is 47.1. The SMILES string of the molecule is O=N[O-].O=N[O-].O=N[O-].O=N[O-].[O-2].[O-2].[U].c1ccc([P+](c2ccccc2)(c2ccccc2)c2ccccc2)cc1.c1ccc([P+](c2ccccc2)(c2ccccc2)c2ccccc2)cc1.c1ccncc1. The summed E-state index contributed by atoms with van der Waals surface area (Å²) in [4.78, 5) is 35.8. The molecule has 1 heterocycles. The largest absolute Gasteiger partial charge is 2.00 e. The standard InChI is InChI=1S/2C24H20P.C5H5N.4HNO2.2O.U/c2*1-5-13-21(14-6-1)25(22-15-7-2-8-16-22,23-17-9-3-10-18-23)24-19-11-4-12-20-24;1-2-4-6-5-3-1;4*2-1-3;;;/h2*1-20H;1-5H;4*(H,2,3);;;/q2*+1;;;;;;2*-2;/p-4. The Labute approximate surface area is 436 Å². The van der Waals surface area contributed by atoms with E-state index in [0.717, 1.165) is 21.4 Å². The Morgan fingerprint density at radius 2 is 0.366 bits per heavy atom. The number of aromatic nitrogens is 1. The third-order valence-electron chi connectivity index (χ3n) is 9.71. The summed E-state index contributed by atoms with van der Waals surface area (Å²) < 4.78 is 0. The summed E-state index contributed by atoms with van der Waals surface area (Å²) in [6.07, 6.45) is 3.50. The molecule has 0 unspecified atom stereocenters. The zero-order valence-corrected chi connectivity index (χ0v) is 43.6. The third kappa shape index (κ3) is 18.6. The van der Waals surface area contributed by atoms with Crippen molar-refractivity contribution in [3.8, 4) is 0 Å². The molecule has 9 rings (SSSR count). The van der Waals surface area contributed by atoms with Gasteiger partial charge in [0.1, 0.15) is 57.0 Å². The first kappa shape index (κ1) is 63.3. The van der Waals surface area contributed by atoms with Gasteiger partial charge in [-0.15, -0.1) is 21.4 Å². The van der Waals surface area contributed by atoms with Crippen LogP contribution >= 0.6 is 14.5 Å². The average molecular weight is 1210 g/mol. The molecule has 0 saturated heterocycles. The zero-order chi connectivity index (χ0) is 49.0. The minimum Gasteiger partial charge on any atom is -2.00 e. The second-order valence-electron chi connectivity index (χ2n) is 13.3. The van der Waals surface area contributed by atoms with E-state index in [1.54, 1.807) is 12.4 Å². The van der Waals surface area contributed by atoms with E-state index in [1.165, 1.54) is 42.4 Å². The van der Waals surface area contributed by atoms with Crippen molar-refractivity contribution >= 4 is 57.0 Å². The van der Waals surface area contributed by atoms with Crippen LogP contribution in [0.25, 0.3) is 0 Å². The molecule has 0 bridgehead atoms. The van der Waals surface area contributed by atoms with Gasteiger partial charge in [0.2, 0.25) is 0 Å². The second kappa shape index (κ2) is 38.2. The fraction of sp³-hybridized carbons (Fsp3) is 0. The number of hydrogen-bond donors (Lipinski definition) is 0. The molecule has 0 fully saturated rings. The molecule has 8 aromatic carbocycles. The summed E-state index contributed by atoms with van der Waals surface area (Å²) in [5.74, 6) is 0. The molecule has 0 amide bonds. The van der Waals surface area contributed by atoms with Gasteiger partial charge >= 0.3 is 0 Å². The normalized spacial score (nSPS) is 9.24. The first-order chi connectivity index (χ1) is 33.5. The first-order valence-electron chi connectivity index (χ1n) is 20.4. The van der Waals surface area contributed by atoms with Crippen molar-refractivity contribution < 1.29 is 42.1 Å². The summed E-state index contributed by atoms with van der Waals surface area (Å²) >= 11 is 0. The molecule has 0 N–H and O–H groups in total. The smallest absolute Gasteiger partial charge is 0.144 e. The van der Waals surface area contributed by atoms with Gasteiger partial charge in [-0.2, -0.15) is 0 Å². The van der Waals surface area contributed by atoms with Crippen LogP contribution in [0.2, 0.25) is 0 Å². The summed E-state index contributed by atoms with van der Waals surface area (Å²) in [6, 6.07) is 93.4. The molecule has 0 radical (unpaired) electrons. The van der Waals surface area contributed by atoms with Gasteiger partial charge in [0.15, 0.2) is 0 Å². The topological polar surface area (TPSA) is 280 Å². The summed E-state index contributed by atoms with van der Waals surface area (Å²) in [5.41, 5.74) is 0. The van der Waals surface area contributed by atoms with Crippen LogP contribution in [0.4, 0.5) is 0 Å². The van der Waals surface area contributed by atoms with E-state index >= 15 is 0 Å². The number of pyridine rings is 1. The van der Waals surface area contributed by atoms with Crippen molar-refractivity contribution in [1.29, 1.82) is 0 Å². The molecule has 0 aliphatic carbocycles. The van der Waals surface area contributed by atoms with Gasteiger partial charge in [0.05, 0.1) is 0 Å². The van der Waals surface area contributed by atoms with E-state index in [2.05, 4.69) is 248 Å². The van der Waals surface area contributed by atoms with Crippen LogP contribution in [0, 0.1) is 71.6 Å². The Morgan fingerprint density at radius 3 is 0.451 bits per heavy atom. The third-order valence-corrected chi connectivity index (χ3v) is 18.3. The monoisotopic (exact) mass is 1210 g/mol. The van der Waals surface area contributed by atoms with Gasteiger partial charge in [-0.3, -0.25) is 4.98 Å². The maximum absolute atomic E-state index is 8.00. The Morgan fingerprint density at radius 1 is 0.254 bits per heavy atom. The van der Waals surface area contributed by atoms with Gasteiger partial charge in [0.25, 0.3) is 0 Å². The van der Waals surface area contributed by atoms with Crippen molar-refractivity contribution in [1.82, 2.24) is 4.98 Å². The van der Waals surface area contributed by atoms with E-state index in [1.807, 2.05) is 18.2 Å². The molecule has 0 atom stereocenters.